The smallest absolute Gasteiger partial charge is 0.407 e. The fourth-order valence-corrected chi connectivity index (χ4v) is 1.93. The molecule has 1 rings (SSSR count). The molecule has 0 heterocycles. The third kappa shape index (κ3) is 7.31. The van der Waals surface area contributed by atoms with Gasteiger partial charge in [0.25, 0.3) is 0 Å². The lowest BCUT2D eigenvalue weighted by Gasteiger charge is -2.21. The molecule has 6 nitrogen and oxygen atoms in total. The second-order valence-electron chi connectivity index (χ2n) is 5.82. The first-order valence-corrected chi connectivity index (χ1v) is 7.75. The van der Waals surface area contributed by atoms with Gasteiger partial charge in [-0.25, -0.2) is 4.79 Å². The van der Waals surface area contributed by atoms with Crippen LogP contribution in [0.2, 0.25) is 0 Å². The number of nitrogens with one attached hydrogen (secondary N) is 2. The standard InChI is InChI=1S/C15H22BrN3O3/c1-15(2,3)22-14(21)18-9-8-12(13(17)20)19-11-6-4-10(16)5-7-11/h4-7,12,19H,8-9H2,1-3H3,(H2,17,20)(H,18,21). The summed E-state index contributed by atoms with van der Waals surface area (Å²) in [5.41, 5.74) is 5.61. The highest BCUT2D eigenvalue weighted by Gasteiger charge is 2.18. The van der Waals surface area contributed by atoms with Crippen LogP contribution in [0, 0.1) is 0 Å². The van der Waals surface area contributed by atoms with E-state index in [0.717, 1.165) is 10.2 Å². The van der Waals surface area contributed by atoms with Crippen molar-refractivity contribution in [3.63, 3.8) is 0 Å². The molecule has 0 bridgehead atoms. The number of carbonyl (C=O) groups excluding carboxylic acids is 2. The first kappa shape index (κ1) is 18.3. The third-order valence-electron chi connectivity index (χ3n) is 2.63. The summed E-state index contributed by atoms with van der Waals surface area (Å²) >= 11 is 3.34. The molecule has 0 saturated carbocycles. The van der Waals surface area contributed by atoms with Crippen LogP contribution in [0.15, 0.2) is 28.7 Å². The normalized spacial score (nSPS) is 12.4. The number of ether oxygens (including phenoxy) is 1. The number of halogens is 1. The van der Waals surface area contributed by atoms with E-state index in [2.05, 4.69) is 26.6 Å². The molecular formula is C15H22BrN3O3. The quantitative estimate of drug-likeness (QED) is 0.716. The van der Waals surface area contributed by atoms with Crippen LogP contribution in [0.5, 0.6) is 0 Å². The minimum absolute atomic E-state index is 0.284. The summed E-state index contributed by atoms with van der Waals surface area (Å²) < 4.78 is 6.06. The molecule has 2 amide bonds. The van der Waals surface area contributed by atoms with E-state index in [-0.39, 0.29) is 6.54 Å². The SMILES string of the molecule is CC(C)(C)OC(=O)NCCC(Nc1ccc(Br)cc1)C(N)=O. The Balaban J connectivity index is 2.46. The zero-order chi connectivity index (χ0) is 16.8. The first-order valence-electron chi connectivity index (χ1n) is 6.95. The molecule has 1 aromatic carbocycles. The van der Waals surface area contributed by atoms with E-state index in [9.17, 15) is 9.59 Å². The minimum Gasteiger partial charge on any atom is -0.444 e. The van der Waals surface area contributed by atoms with E-state index in [1.165, 1.54) is 0 Å². The van der Waals surface area contributed by atoms with Gasteiger partial charge in [0.1, 0.15) is 11.6 Å². The average Bonchev–Trinajstić information content (AvgIpc) is 2.37. The molecule has 4 N–H and O–H groups in total. The number of amides is 2. The first-order chi connectivity index (χ1) is 10.2. The third-order valence-corrected chi connectivity index (χ3v) is 3.16. The maximum atomic E-state index is 11.5. The van der Waals surface area contributed by atoms with E-state index in [1.54, 1.807) is 20.8 Å². The summed E-state index contributed by atoms with van der Waals surface area (Å²) in [6.07, 6.45) is -0.149. The lowest BCUT2D eigenvalue weighted by molar-refractivity contribution is -0.118. The average molecular weight is 372 g/mol. The number of carbonyl (C=O) groups is 2. The van der Waals surface area contributed by atoms with E-state index in [1.807, 2.05) is 24.3 Å². The van der Waals surface area contributed by atoms with Crippen molar-refractivity contribution in [3.05, 3.63) is 28.7 Å². The molecule has 7 heteroatoms. The van der Waals surface area contributed by atoms with Crippen LogP contribution in [0.25, 0.3) is 0 Å². The van der Waals surface area contributed by atoms with Gasteiger partial charge in [0, 0.05) is 16.7 Å². The van der Waals surface area contributed by atoms with Gasteiger partial charge in [-0.1, -0.05) is 15.9 Å². The highest BCUT2D eigenvalue weighted by Crippen LogP contribution is 2.15. The lowest BCUT2D eigenvalue weighted by Crippen LogP contribution is -2.40. The van der Waals surface area contributed by atoms with Crippen molar-refractivity contribution in [2.45, 2.75) is 38.8 Å². The molecule has 122 valence electrons. The van der Waals surface area contributed by atoms with Crippen molar-refractivity contribution in [1.82, 2.24) is 5.32 Å². The maximum absolute atomic E-state index is 11.5. The van der Waals surface area contributed by atoms with Gasteiger partial charge < -0.3 is 21.1 Å². The number of primary amides is 1. The number of hydrogen-bond acceptors (Lipinski definition) is 4. The highest BCUT2D eigenvalue weighted by atomic mass is 79.9. The van der Waals surface area contributed by atoms with E-state index >= 15 is 0 Å². The van der Waals surface area contributed by atoms with Gasteiger partial charge in [-0.05, 0) is 51.5 Å². The maximum Gasteiger partial charge on any atom is 0.407 e. The summed E-state index contributed by atoms with van der Waals surface area (Å²) in [6, 6.07) is 6.82. The zero-order valence-electron chi connectivity index (χ0n) is 13.0. The topological polar surface area (TPSA) is 93.4 Å². The predicted octanol–water partition coefficient (Wildman–Crippen LogP) is 2.63. The van der Waals surface area contributed by atoms with Crippen molar-refractivity contribution in [3.8, 4) is 0 Å². The summed E-state index contributed by atoms with van der Waals surface area (Å²) in [5.74, 6) is -0.478. The number of anilines is 1. The number of hydrogen-bond donors (Lipinski definition) is 3. The Labute approximate surface area is 138 Å². The molecule has 1 unspecified atom stereocenters. The van der Waals surface area contributed by atoms with Gasteiger partial charge in [-0.2, -0.15) is 0 Å². The second-order valence-corrected chi connectivity index (χ2v) is 6.74. The van der Waals surface area contributed by atoms with Crippen LogP contribution in [0.1, 0.15) is 27.2 Å². The minimum atomic E-state index is -0.573. The predicted molar refractivity (Wildman–Crippen MR) is 89.6 cm³/mol. The van der Waals surface area contributed by atoms with E-state index in [4.69, 9.17) is 10.5 Å². The molecule has 0 fully saturated rings. The van der Waals surface area contributed by atoms with Crippen molar-refractivity contribution >= 4 is 33.6 Å². The summed E-state index contributed by atoms with van der Waals surface area (Å²) in [5, 5.41) is 5.64. The molecule has 0 saturated heterocycles. The van der Waals surface area contributed by atoms with Crippen molar-refractivity contribution < 1.29 is 14.3 Å². The van der Waals surface area contributed by atoms with Gasteiger partial charge >= 0.3 is 6.09 Å². The van der Waals surface area contributed by atoms with Crippen molar-refractivity contribution in [2.75, 3.05) is 11.9 Å². The molecule has 0 aromatic heterocycles. The molecule has 0 aliphatic rings. The van der Waals surface area contributed by atoms with Gasteiger partial charge in [0.05, 0.1) is 0 Å². The van der Waals surface area contributed by atoms with Crippen LogP contribution < -0.4 is 16.4 Å². The lowest BCUT2D eigenvalue weighted by atomic mass is 10.1. The molecule has 0 spiro atoms. The van der Waals surface area contributed by atoms with E-state index in [0.29, 0.717) is 6.42 Å². The Morgan fingerprint density at radius 3 is 2.36 bits per heavy atom. The zero-order valence-corrected chi connectivity index (χ0v) is 14.6. The van der Waals surface area contributed by atoms with Crippen molar-refractivity contribution in [1.29, 1.82) is 0 Å². The van der Waals surface area contributed by atoms with Crippen LogP contribution >= 0.6 is 15.9 Å². The number of benzene rings is 1. The molecule has 1 atom stereocenters. The van der Waals surface area contributed by atoms with Gasteiger partial charge in [0.2, 0.25) is 5.91 Å². The van der Waals surface area contributed by atoms with Crippen LogP contribution in [0.3, 0.4) is 0 Å². The van der Waals surface area contributed by atoms with Crippen LogP contribution in [0.4, 0.5) is 10.5 Å². The van der Waals surface area contributed by atoms with Gasteiger partial charge in [0.15, 0.2) is 0 Å². The Morgan fingerprint density at radius 2 is 1.86 bits per heavy atom. The largest absolute Gasteiger partial charge is 0.444 e. The monoisotopic (exact) mass is 371 g/mol. The van der Waals surface area contributed by atoms with Crippen LogP contribution in [-0.4, -0.2) is 30.2 Å². The fraction of sp³-hybridized carbons (Fsp3) is 0.467. The number of rotatable bonds is 6. The number of nitrogens with two attached hydrogens (primary N) is 1. The number of alkyl carbamates (subject to hydrolysis) is 1. The van der Waals surface area contributed by atoms with Gasteiger partial charge in [-0.3, -0.25) is 4.79 Å². The fourth-order valence-electron chi connectivity index (χ4n) is 1.67. The molecule has 22 heavy (non-hydrogen) atoms. The van der Waals surface area contributed by atoms with E-state index < -0.39 is 23.6 Å². The summed E-state index contributed by atoms with van der Waals surface area (Å²) in [7, 11) is 0. The molecular weight excluding hydrogens is 350 g/mol. The highest BCUT2D eigenvalue weighted by molar-refractivity contribution is 9.10. The van der Waals surface area contributed by atoms with Gasteiger partial charge in [-0.15, -0.1) is 0 Å². The Morgan fingerprint density at radius 1 is 1.27 bits per heavy atom. The van der Waals surface area contributed by atoms with Crippen LogP contribution in [-0.2, 0) is 9.53 Å². The summed E-state index contributed by atoms with van der Waals surface area (Å²) in [4.78, 5) is 23.0. The molecule has 1 aromatic rings. The Bertz CT molecular complexity index is 512. The molecule has 0 radical (unpaired) electrons. The molecule has 0 aliphatic carbocycles. The van der Waals surface area contributed by atoms with Crippen molar-refractivity contribution in [2.24, 2.45) is 5.73 Å². The second kappa shape index (κ2) is 8.03. The summed E-state index contributed by atoms with van der Waals surface area (Å²) in [6.45, 7) is 5.64. The molecule has 0 aliphatic heterocycles. The Kier molecular flexibility index (Phi) is 6.67. The Hall–Kier alpha value is -1.76.